The Labute approximate surface area is 262 Å². The molecule has 0 aliphatic carbocycles. The fourth-order valence-corrected chi connectivity index (χ4v) is 7.06. The van der Waals surface area contributed by atoms with Crippen molar-refractivity contribution in [2.45, 2.75) is 6.92 Å². The molecule has 7 aromatic carbocycles. The topological polar surface area (TPSA) is 9.86 Å². The van der Waals surface area contributed by atoms with Gasteiger partial charge in [-0.25, -0.2) is 0 Å². The van der Waals surface area contributed by atoms with Crippen LogP contribution in [0.25, 0.3) is 77.2 Å². The predicted octanol–water partition coefficient (Wildman–Crippen LogP) is 11.5. The molecule has 2 heterocycles. The van der Waals surface area contributed by atoms with Crippen molar-refractivity contribution >= 4 is 43.6 Å². The molecule has 9 rings (SSSR count). The molecule has 0 unspecified atom stereocenters. The lowest BCUT2D eigenvalue weighted by Crippen LogP contribution is -1.94. The first-order valence-electron chi connectivity index (χ1n) is 15.5. The van der Waals surface area contributed by atoms with Gasteiger partial charge in [0.1, 0.15) is 0 Å². The van der Waals surface area contributed by atoms with Crippen molar-refractivity contribution in [3.8, 4) is 33.6 Å². The highest BCUT2D eigenvalue weighted by Crippen LogP contribution is 2.38. The zero-order valence-corrected chi connectivity index (χ0v) is 25.0. The van der Waals surface area contributed by atoms with E-state index in [0.717, 1.165) is 0 Å². The van der Waals surface area contributed by atoms with Gasteiger partial charge in [-0.3, -0.25) is 0 Å². The number of hydrogen-bond acceptors (Lipinski definition) is 0. The van der Waals surface area contributed by atoms with Crippen molar-refractivity contribution in [2.24, 2.45) is 0 Å². The second-order valence-electron chi connectivity index (χ2n) is 11.9. The number of rotatable bonds is 4. The maximum Gasteiger partial charge on any atom is 0.0541 e. The van der Waals surface area contributed by atoms with Crippen molar-refractivity contribution < 1.29 is 0 Å². The molecule has 0 spiro atoms. The summed E-state index contributed by atoms with van der Waals surface area (Å²) in [7, 11) is 0. The van der Waals surface area contributed by atoms with E-state index in [0.29, 0.717) is 0 Å². The van der Waals surface area contributed by atoms with Crippen LogP contribution in [0.5, 0.6) is 0 Å². The molecule has 0 radical (unpaired) electrons. The Morgan fingerprint density at radius 1 is 0.311 bits per heavy atom. The SMILES string of the molecule is Cc1cccc(-n2c3ccccc3c3cc(-c4ccc5c(c4)c4ccccc4n5-c4ccc(-c5ccccc5)cc4)ccc32)c1. The lowest BCUT2D eigenvalue weighted by Gasteiger charge is -2.10. The number of benzene rings is 7. The summed E-state index contributed by atoms with van der Waals surface area (Å²) in [6, 6.07) is 59.6. The first kappa shape index (κ1) is 25.6. The molecule has 9 aromatic rings. The molecule has 0 saturated heterocycles. The van der Waals surface area contributed by atoms with Crippen molar-refractivity contribution in [3.63, 3.8) is 0 Å². The molecule has 0 amide bonds. The van der Waals surface area contributed by atoms with Gasteiger partial charge in [0, 0.05) is 32.9 Å². The molecular weight excluding hydrogens is 544 g/mol. The molecule has 0 bridgehead atoms. The van der Waals surface area contributed by atoms with E-state index in [4.69, 9.17) is 0 Å². The summed E-state index contributed by atoms with van der Waals surface area (Å²) in [6.45, 7) is 2.16. The van der Waals surface area contributed by atoms with Gasteiger partial charge in [0.25, 0.3) is 0 Å². The lowest BCUT2D eigenvalue weighted by molar-refractivity contribution is 1.17. The molecule has 0 atom stereocenters. The lowest BCUT2D eigenvalue weighted by atomic mass is 10.0. The fraction of sp³-hybridized carbons (Fsp3) is 0.0233. The molecule has 0 N–H and O–H groups in total. The average Bonchev–Trinajstić information content (AvgIpc) is 3.61. The van der Waals surface area contributed by atoms with Gasteiger partial charge < -0.3 is 9.13 Å². The van der Waals surface area contributed by atoms with Crippen LogP contribution >= 0.6 is 0 Å². The molecule has 0 saturated carbocycles. The van der Waals surface area contributed by atoms with E-state index in [1.165, 1.54) is 82.8 Å². The minimum absolute atomic E-state index is 1.17. The van der Waals surface area contributed by atoms with Gasteiger partial charge in [-0.05, 0) is 95.4 Å². The highest BCUT2D eigenvalue weighted by atomic mass is 15.0. The summed E-state index contributed by atoms with van der Waals surface area (Å²) >= 11 is 0. The highest BCUT2D eigenvalue weighted by molar-refractivity contribution is 6.12. The quantitative estimate of drug-likeness (QED) is 0.198. The minimum atomic E-state index is 1.17. The standard InChI is InChI=1S/C43H30N2/c1-29-10-9-13-35(26-29)45-41-17-8-6-15-37(41)39-28-33(21-25-43(39)45)32-20-24-42-38(27-32)36-14-5-7-16-40(36)44(42)34-22-18-31(19-23-34)30-11-3-2-4-12-30/h2-28H,1H3. The van der Waals surface area contributed by atoms with Gasteiger partial charge in [-0.2, -0.15) is 0 Å². The molecule has 2 nitrogen and oxygen atoms in total. The predicted molar refractivity (Wildman–Crippen MR) is 191 cm³/mol. The second-order valence-corrected chi connectivity index (χ2v) is 11.9. The number of aromatic nitrogens is 2. The van der Waals surface area contributed by atoms with Crippen molar-refractivity contribution in [3.05, 3.63) is 169 Å². The number of nitrogens with zero attached hydrogens (tertiary/aromatic N) is 2. The Morgan fingerprint density at radius 2 is 0.800 bits per heavy atom. The van der Waals surface area contributed by atoms with E-state index in [1.54, 1.807) is 0 Å². The zero-order chi connectivity index (χ0) is 29.9. The summed E-state index contributed by atoms with van der Waals surface area (Å²) in [4.78, 5) is 0. The third-order valence-corrected chi connectivity index (χ3v) is 9.17. The summed E-state index contributed by atoms with van der Waals surface area (Å²) in [6.07, 6.45) is 0. The van der Waals surface area contributed by atoms with E-state index in [9.17, 15) is 0 Å². The summed E-state index contributed by atoms with van der Waals surface area (Å²) < 4.78 is 4.78. The van der Waals surface area contributed by atoms with Crippen molar-refractivity contribution in [1.82, 2.24) is 9.13 Å². The second kappa shape index (κ2) is 10.1. The summed E-state index contributed by atoms with van der Waals surface area (Å²) in [5.41, 5.74) is 13.4. The number of para-hydroxylation sites is 2. The maximum absolute atomic E-state index is 2.39. The Bertz CT molecular complexity index is 2530. The minimum Gasteiger partial charge on any atom is -0.309 e. The third-order valence-electron chi connectivity index (χ3n) is 9.17. The first-order valence-corrected chi connectivity index (χ1v) is 15.5. The molecule has 0 fully saturated rings. The van der Waals surface area contributed by atoms with Crippen LogP contribution in [0.15, 0.2) is 164 Å². The summed E-state index contributed by atoms with van der Waals surface area (Å²) in [5.74, 6) is 0. The summed E-state index contributed by atoms with van der Waals surface area (Å²) in [5, 5.41) is 5.06. The van der Waals surface area contributed by atoms with Gasteiger partial charge in [-0.1, -0.05) is 103 Å². The van der Waals surface area contributed by atoms with E-state index < -0.39 is 0 Å². The Morgan fingerprint density at radius 3 is 1.40 bits per heavy atom. The van der Waals surface area contributed by atoms with Crippen molar-refractivity contribution in [2.75, 3.05) is 0 Å². The maximum atomic E-state index is 2.39. The molecule has 0 aliphatic rings. The van der Waals surface area contributed by atoms with E-state index >= 15 is 0 Å². The normalized spacial score (nSPS) is 11.7. The van der Waals surface area contributed by atoms with Gasteiger partial charge in [0.05, 0.1) is 22.1 Å². The van der Waals surface area contributed by atoms with Crippen molar-refractivity contribution in [1.29, 1.82) is 0 Å². The number of aryl methyl sites for hydroxylation is 1. The Hall–Kier alpha value is -5.86. The van der Waals surface area contributed by atoms with Crippen LogP contribution in [-0.4, -0.2) is 9.13 Å². The number of hydrogen-bond donors (Lipinski definition) is 0. The molecule has 2 heteroatoms. The molecule has 45 heavy (non-hydrogen) atoms. The van der Waals surface area contributed by atoms with Gasteiger partial charge >= 0.3 is 0 Å². The van der Waals surface area contributed by atoms with Crippen LogP contribution in [-0.2, 0) is 0 Å². The van der Waals surface area contributed by atoms with Gasteiger partial charge in [0.15, 0.2) is 0 Å². The zero-order valence-electron chi connectivity index (χ0n) is 25.0. The largest absolute Gasteiger partial charge is 0.309 e. The Balaban J connectivity index is 1.20. The fourth-order valence-electron chi connectivity index (χ4n) is 7.06. The Kier molecular flexibility index (Phi) is 5.76. The van der Waals surface area contributed by atoms with Crippen LogP contribution < -0.4 is 0 Å². The monoisotopic (exact) mass is 574 g/mol. The van der Waals surface area contributed by atoms with Crippen LogP contribution in [0, 0.1) is 6.92 Å². The smallest absolute Gasteiger partial charge is 0.0541 e. The first-order chi connectivity index (χ1) is 22.2. The average molecular weight is 575 g/mol. The third kappa shape index (κ3) is 4.11. The van der Waals surface area contributed by atoms with E-state index in [2.05, 4.69) is 180 Å². The molecule has 212 valence electrons. The highest BCUT2D eigenvalue weighted by Gasteiger charge is 2.16. The van der Waals surface area contributed by atoms with E-state index in [-0.39, 0.29) is 0 Å². The van der Waals surface area contributed by atoms with Crippen LogP contribution in [0.2, 0.25) is 0 Å². The molecule has 0 aliphatic heterocycles. The van der Waals surface area contributed by atoms with Crippen LogP contribution in [0.4, 0.5) is 0 Å². The molecule has 2 aromatic heterocycles. The number of fused-ring (bicyclic) bond motifs is 6. The van der Waals surface area contributed by atoms with E-state index in [1.807, 2.05) is 0 Å². The van der Waals surface area contributed by atoms with Gasteiger partial charge in [-0.15, -0.1) is 0 Å². The van der Waals surface area contributed by atoms with Gasteiger partial charge in [0.2, 0.25) is 0 Å². The van der Waals surface area contributed by atoms with Crippen LogP contribution in [0.3, 0.4) is 0 Å². The molecular formula is C43H30N2. The van der Waals surface area contributed by atoms with Crippen LogP contribution in [0.1, 0.15) is 5.56 Å².